The number of carboxylic acid groups (broad SMARTS) is 2. The molecule has 2 atom stereocenters. The normalized spacial score (nSPS) is 27.8. The quantitative estimate of drug-likeness (QED) is 0.570. The molecule has 4 nitrogen and oxygen atoms in total. The summed E-state index contributed by atoms with van der Waals surface area (Å²) in [5.74, 6) is 1.29. The van der Waals surface area contributed by atoms with Gasteiger partial charge in [-0.2, -0.15) is 0 Å². The largest absolute Gasteiger partial charge is 2.00 e. The van der Waals surface area contributed by atoms with Crippen LogP contribution in [0.1, 0.15) is 97.3 Å². The van der Waals surface area contributed by atoms with E-state index in [1.165, 1.54) is 57.8 Å². The predicted molar refractivity (Wildman–Crippen MR) is 95.3 cm³/mol. The SMILES string of the molecule is CCC1CCC(CCC(=O)[O-])C1.CCC1CCC(CCC(=O)[O-])CC1.[Cu+2]. The molecule has 0 bridgehead atoms. The Kier molecular flexibility index (Phi) is 14.2. The number of carboxylic acids is 2. The summed E-state index contributed by atoms with van der Waals surface area (Å²) in [7, 11) is 0. The molecular formula is C21H36CuO4. The fourth-order valence-electron chi connectivity index (χ4n) is 4.38. The predicted octanol–water partition coefficient (Wildman–Crippen LogP) is 3.07. The third-order valence-electron chi connectivity index (χ3n) is 6.28. The zero-order valence-corrected chi connectivity index (χ0v) is 17.4. The molecule has 0 saturated heterocycles. The molecule has 155 valence electrons. The van der Waals surface area contributed by atoms with E-state index in [0.717, 1.165) is 24.7 Å². The van der Waals surface area contributed by atoms with E-state index in [1.54, 1.807) is 0 Å². The standard InChI is InChI=1S/C11H20O2.C10H18O2.Cu/c1-2-9-3-5-10(6-4-9)7-8-11(12)13;1-2-8-3-4-9(7-8)5-6-10(11)12;/h9-10H,2-8H2,1H3,(H,12,13);8-9H,2-7H2,1H3,(H,11,12);/q;;+2/p-2. The molecule has 0 spiro atoms. The van der Waals surface area contributed by atoms with E-state index in [2.05, 4.69) is 13.8 Å². The number of rotatable bonds is 8. The van der Waals surface area contributed by atoms with Crippen molar-refractivity contribution in [3.05, 3.63) is 0 Å². The average molecular weight is 416 g/mol. The molecule has 0 heterocycles. The number of hydrogen-bond donors (Lipinski definition) is 0. The van der Waals surface area contributed by atoms with Crippen molar-refractivity contribution in [2.24, 2.45) is 23.7 Å². The number of carbonyl (C=O) groups is 2. The van der Waals surface area contributed by atoms with E-state index in [9.17, 15) is 19.8 Å². The van der Waals surface area contributed by atoms with Crippen molar-refractivity contribution in [1.29, 1.82) is 0 Å². The summed E-state index contributed by atoms with van der Waals surface area (Å²) in [6.07, 6.45) is 13.5. The van der Waals surface area contributed by atoms with Gasteiger partial charge in [-0.25, -0.2) is 0 Å². The van der Waals surface area contributed by atoms with Gasteiger partial charge in [0.1, 0.15) is 0 Å². The maximum Gasteiger partial charge on any atom is 2.00 e. The summed E-state index contributed by atoms with van der Waals surface area (Å²) in [5.41, 5.74) is 0. The van der Waals surface area contributed by atoms with E-state index in [1.807, 2.05) is 0 Å². The van der Waals surface area contributed by atoms with Crippen molar-refractivity contribution in [3.8, 4) is 0 Å². The van der Waals surface area contributed by atoms with Crippen molar-refractivity contribution >= 4 is 11.9 Å². The van der Waals surface area contributed by atoms with E-state index in [0.29, 0.717) is 11.8 Å². The molecule has 2 aliphatic carbocycles. The Bertz CT molecular complexity index is 391. The van der Waals surface area contributed by atoms with Crippen LogP contribution < -0.4 is 10.2 Å². The van der Waals surface area contributed by atoms with E-state index in [-0.39, 0.29) is 29.9 Å². The van der Waals surface area contributed by atoms with Gasteiger partial charge in [0.2, 0.25) is 0 Å². The molecule has 2 aliphatic rings. The van der Waals surface area contributed by atoms with E-state index < -0.39 is 11.9 Å². The van der Waals surface area contributed by atoms with Crippen molar-refractivity contribution in [1.82, 2.24) is 0 Å². The minimum Gasteiger partial charge on any atom is -0.550 e. The zero-order chi connectivity index (χ0) is 18.7. The van der Waals surface area contributed by atoms with E-state index >= 15 is 0 Å². The van der Waals surface area contributed by atoms with Crippen LogP contribution in [0.25, 0.3) is 0 Å². The van der Waals surface area contributed by atoms with Gasteiger partial charge in [0.15, 0.2) is 0 Å². The van der Waals surface area contributed by atoms with Crippen LogP contribution in [0.2, 0.25) is 0 Å². The van der Waals surface area contributed by atoms with Gasteiger partial charge in [0.05, 0.1) is 0 Å². The van der Waals surface area contributed by atoms with Crippen LogP contribution in [-0.4, -0.2) is 11.9 Å². The molecule has 5 heteroatoms. The Hall–Kier alpha value is -0.541. The second kappa shape index (κ2) is 14.5. The van der Waals surface area contributed by atoms with Crippen molar-refractivity contribution in [2.75, 3.05) is 0 Å². The smallest absolute Gasteiger partial charge is 0.550 e. The Morgan fingerprint density at radius 2 is 1.08 bits per heavy atom. The van der Waals surface area contributed by atoms with Gasteiger partial charge >= 0.3 is 17.1 Å². The van der Waals surface area contributed by atoms with Gasteiger partial charge in [0, 0.05) is 11.9 Å². The first-order valence-corrected chi connectivity index (χ1v) is 10.3. The minimum absolute atomic E-state index is 0. The van der Waals surface area contributed by atoms with E-state index in [4.69, 9.17) is 0 Å². The fraction of sp³-hybridized carbons (Fsp3) is 0.905. The first-order valence-electron chi connectivity index (χ1n) is 10.3. The van der Waals surface area contributed by atoms with Crippen LogP contribution in [-0.2, 0) is 26.7 Å². The van der Waals surface area contributed by atoms with Crippen LogP contribution in [0.3, 0.4) is 0 Å². The average Bonchev–Trinajstić information content (AvgIpc) is 3.07. The third-order valence-corrected chi connectivity index (χ3v) is 6.28. The minimum atomic E-state index is -0.894. The van der Waals surface area contributed by atoms with Gasteiger partial charge in [0.25, 0.3) is 0 Å². The Labute approximate surface area is 170 Å². The summed E-state index contributed by atoms with van der Waals surface area (Å²) in [5, 5.41) is 20.4. The molecule has 2 fully saturated rings. The molecular weight excluding hydrogens is 380 g/mol. The second-order valence-corrected chi connectivity index (χ2v) is 8.07. The molecule has 0 aromatic carbocycles. The maximum atomic E-state index is 10.3. The molecule has 2 saturated carbocycles. The second-order valence-electron chi connectivity index (χ2n) is 8.07. The molecule has 2 rings (SSSR count). The summed E-state index contributed by atoms with van der Waals surface area (Å²) in [4.78, 5) is 20.4. The van der Waals surface area contributed by atoms with Crippen LogP contribution in [0.5, 0.6) is 0 Å². The molecule has 0 aliphatic heterocycles. The fourth-order valence-corrected chi connectivity index (χ4v) is 4.38. The van der Waals surface area contributed by atoms with Crippen LogP contribution in [0.15, 0.2) is 0 Å². The molecule has 2 unspecified atom stereocenters. The Morgan fingerprint density at radius 1 is 0.692 bits per heavy atom. The molecule has 0 aromatic rings. The molecule has 0 N–H and O–H groups in total. The Balaban J connectivity index is 0.000000464. The van der Waals surface area contributed by atoms with Gasteiger partial charge in [-0.05, 0) is 55.8 Å². The van der Waals surface area contributed by atoms with Crippen LogP contribution in [0, 0.1) is 23.7 Å². The van der Waals surface area contributed by atoms with Crippen LogP contribution >= 0.6 is 0 Å². The number of aliphatic carboxylic acids is 2. The van der Waals surface area contributed by atoms with Gasteiger partial charge < -0.3 is 19.8 Å². The topological polar surface area (TPSA) is 80.3 Å². The summed E-state index contributed by atoms with van der Waals surface area (Å²) in [6, 6.07) is 0. The number of hydrogen-bond acceptors (Lipinski definition) is 4. The molecule has 1 radical (unpaired) electrons. The Morgan fingerprint density at radius 3 is 1.50 bits per heavy atom. The monoisotopic (exact) mass is 415 g/mol. The van der Waals surface area contributed by atoms with Crippen LogP contribution in [0.4, 0.5) is 0 Å². The maximum absolute atomic E-state index is 10.3. The van der Waals surface area contributed by atoms with Gasteiger partial charge in [-0.1, -0.05) is 65.2 Å². The molecule has 0 amide bonds. The van der Waals surface area contributed by atoms with Crippen molar-refractivity contribution in [2.45, 2.75) is 97.3 Å². The van der Waals surface area contributed by atoms with Gasteiger partial charge in [-0.3, -0.25) is 0 Å². The van der Waals surface area contributed by atoms with Crippen molar-refractivity contribution < 1.29 is 36.9 Å². The first kappa shape index (κ1) is 25.5. The third kappa shape index (κ3) is 11.2. The van der Waals surface area contributed by atoms with Crippen molar-refractivity contribution in [3.63, 3.8) is 0 Å². The summed E-state index contributed by atoms with van der Waals surface area (Å²) < 4.78 is 0. The zero-order valence-electron chi connectivity index (χ0n) is 16.4. The molecule has 26 heavy (non-hydrogen) atoms. The summed E-state index contributed by atoms with van der Waals surface area (Å²) >= 11 is 0. The first-order chi connectivity index (χ1) is 11.9. The molecule has 0 aromatic heterocycles. The van der Waals surface area contributed by atoms with Gasteiger partial charge in [-0.15, -0.1) is 0 Å². The number of carbonyl (C=O) groups excluding carboxylic acids is 2. The summed E-state index contributed by atoms with van der Waals surface area (Å²) in [6.45, 7) is 4.46.